The molecule has 1 aliphatic carbocycles. The lowest BCUT2D eigenvalue weighted by Crippen LogP contribution is -2.28. The largest absolute Gasteiger partial charge is 0.320 e. The Bertz CT molecular complexity index is 195. The summed E-state index contributed by atoms with van der Waals surface area (Å²) in [7, 11) is 0. The van der Waals surface area contributed by atoms with Crippen molar-refractivity contribution in [3.63, 3.8) is 0 Å². The first kappa shape index (κ1) is 5.73. The third kappa shape index (κ3) is 0.789. The third-order valence-corrected chi connectivity index (χ3v) is 2.67. The Morgan fingerprint density at radius 3 is 3.33 bits per heavy atom. The summed E-state index contributed by atoms with van der Waals surface area (Å²) in [6.07, 6.45) is 5.42. The first-order valence-corrected chi connectivity index (χ1v) is 4.18. The molecule has 48 valence electrons. The fourth-order valence-corrected chi connectivity index (χ4v) is 1.86. The standard InChI is InChI=1S/C6H7IN2/c7-6-4-2-1-3-5(4)8-9-6/h1,3,6,8-9H,2H2. The van der Waals surface area contributed by atoms with Gasteiger partial charge in [0.2, 0.25) is 0 Å². The van der Waals surface area contributed by atoms with Gasteiger partial charge in [-0.1, -0.05) is 28.7 Å². The molecule has 1 aliphatic heterocycles. The van der Waals surface area contributed by atoms with Crippen LogP contribution < -0.4 is 10.9 Å². The van der Waals surface area contributed by atoms with E-state index in [1.165, 1.54) is 11.3 Å². The third-order valence-electron chi connectivity index (χ3n) is 1.61. The number of hydrazine groups is 1. The van der Waals surface area contributed by atoms with Crippen molar-refractivity contribution < 1.29 is 0 Å². The summed E-state index contributed by atoms with van der Waals surface area (Å²) >= 11 is 2.38. The number of rotatable bonds is 0. The van der Waals surface area contributed by atoms with Crippen molar-refractivity contribution in [2.75, 3.05) is 0 Å². The lowest BCUT2D eigenvalue weighted by Gasteiger charge is -2.02. The van der Waals surface area contributed by atoms with Gasteiger partial charge in [-0.05, 0) is 18.1 Å². The molecule has 0 aromatic rings. The van der Waals surface area contributed by atoms with Gasteiger partial charge in [-0.2, -0.15) is 0 Å². The molecule has 0 saturated heterocycles. The summed E-state index contributed by atoms with van der Waals surface area (Å²) in [6.45, 7) is 0. The van der Waals surface area contributed by atoms with Gasteiger partial charge >= 0.3 is 0 Å². The summed E-state index contributed by atoms with van der Waals surface area (Å²) in [5, 5.41) is 0. The predicted octanol–water partition coefficient (Wildman–Crippen LogP) is 1.07. The van der Waals surface area contributed by atoms with Crippen LogP contribution in [-0.2, 0) is 0 Å². The molecule has 2 aliphatic rings. The van der Waals surface area contributed by atoms with Crippen LogP contribution >= 0.6 is 22.6 Å². The summed E-state index contributed by atoms with van der Waals surface area (Å²) in [4.78, 5) is 0. The van der Waals surface area contributed by atoms with E-state index in [4.69, 9.17) is 0 Å². The number of hydrogen-bond donors (Lipinski definition) is 2. The van der Waals surface area contributed by atoms with Crippen LogP contribution in [0.1, 0.15) is 6.42 Å². The average Bonchev–Trinajstić information content (AvgIpc) is 2.35. The van der Waals surface area contributed by atoms with E-state index in [1.54, 1.807) is 0 Å². The number of halogens is 1. The summed E-state index contributed by atoms with van der Waals surface area (Å²) < 4.78 is 0.493. The minimum Gasteiger partial charge on any atom is -0.320 e. The van der Waals surface area contributed by atoms with Crippen LogP contribution in [0.4, 0.5) is 0 Å². The SMILES string of the molecule is IC1NNC2=C1CC=C2. The molecule has 0 amide bonds. The van der Waals surface area contributed by atoms with Crippen LogP contribution in [0.5, 0.6) is 0 Å². The summed E-state index contributed by atoms with van der Waals surface area (Å²) in [5.74, 6) is 0. The van der Waals surface area contributed by atoms with E-state index in [-0.39, 0.29) is 0 Å². The van der Waals surface area contributed by atoms with Crippen LogP contribution in [0.3, 0.4) is 0 Å². The van der Waals surface area contributed by atoms with Crippen molar-refractivity contribution in [3.05, 3.63) is 23.4 Å². The van der Waals surface area contributed by atoms with Crippen molar-refractivity contribution in [1.82, 2.24) is 10.9 Å². The Morgan fingerprint density at radius 2 is 2.56 bits per heavy atom. The van der Waals surface area contributed by atoms with Crippen LogP contribution in [0.15, 0.2) is 23.4 Å². The highest BCUT2D eigenvalue weighted by Gasteiger charge is 2.22. The second-order valence-corrected chi connectivity index (χ2v) is 3.42. The zero-order valence-electron chi connectivity index (χ0n) is 4.82. The normalized spacial score (nSPS) is 31.0. The maximum absolute atomic E-state index is 3.13. The monoisotopic (exact) mass is 234 g/mol. The van der Waals surface area contributed by atoms with Gasteiger partial charge in [0.15, 0.2) is 0 Å². The molecule has 0 radical (unpaired) electrons. The van der Waals surface area contributed by atoms with Crippen molar-refractivity contribution in [2.24, 2.45) is 0 Å². The topological polar surface area (TPSA) is 24.1 Å². The minimum absolute atomic E-state index is 0.493. The highest BCUT2D eigenvalue weighted by atomic mass is 127. The molecule has 3 heteroatoms. The van der Waals surface area contributed by atoms with Crippen LogP contribution in [0.2, 0.25) is 0 Å². The van der Waals surface area contributed by atoms with E-state index in [0.717, 1.165) is 6.42 Å². The van der Waals surface area contributed by atoms with Crippen molar-refractivity contribution in [1.29, 1.82) is 0 Å². The van der Waals surface area contributed by atoms with E-state index < -0.39 is 0 Å². The Kier molecular flexibility index (Phi) is 1.26. The fourth-order valence-electron chi connectivity index (χ4n) is 1.11. The van der Waals surface area contributed by atoms with Gasteiger partial charge < -0.3 is 5.43 Å². The highest BCUT2D eigenvalue weighted by Crippen LogP contribution is 2.26. The Hall–Kier alpha value is -0.0300. The molecule has 0 saturated carbocycles. The highest BCUT2D eigenvalue weighted by molar-refractivity contribution is 14.1. The van der Waals surface area contributed by atoms with Gasteiger partial charge in [0.05, 0.1) is 5.70 Å². The molecule has 1 atom stereocenters. The maximum atomic E-state index is 3.13. The Labute approximate surface area is 67.5 Å². The van der Waals surface area contributed by atoms with Crippen molar-refractivity contribution >= 4 is 22.6 Å². The quantitative estimate of drug-likeness (QED) is 0.372. The first-order chi connectivity index (χ1) is 4.38. The van der Waals surface area contributed by atoms with Crippen LogP contribution in [-0.4, -0.2) is 4.05 Å². The van der Waals surface area contributed by atoms with Gasteiger partial charge in [-0.15, -0.1) is 0 Å². The van der Waals surface area contributed by atoms with Gasteiger partial charge in [0.1, 0.15) is 4.05 Å². The summed E-state index contributed by atoms with van der Waals surface area (Å²) in [5.41, 5.74) is 8.99. The predicted molar refractivity (Wildman–Crippen MR) is 44.9 cm³/mol. The van der Waals surface area contributed by atoms with E-state index >= 15 is 0 Å². The fraction of sp³-hybridized carbons (Fsp3) is 0.333. The molecule has 2 N–H and O–H groups in total. The molecule has 1 unspecified atom stereocenters. The van der Waals surface area contributed by atoms with Crippen molar-refractivity contribution in [3.8, 4) is 0 Å². The van der Waals surface area contributed by atoms with E-state index in [0.29, 0.717) is 4.05 Å². The average molecular weight is 234 g/mol. The maximum Gasteiger partial charge on any atom is 0.101 e. The minimum atomic E-state index is 0.493. The van der Waals surface area contributed by atoms with Gasteiger partial charge in [-0.3, -0.25) is 0 Å². The summed E-state index contributed by atoms with van der Waals surface area (Å²) in [6, 6.07) is 0. The zero-order chi connectivity index (χ0) is 6.27. The second-order valence-electron chi connectivity index (χ2n) is 2.18. The van der Waals surface area contributed by atoms with E-state index in [9.17, 15) is 0 Å². The molecule has 0 fully saturated rings. The number of hydrogen-bond acceptors (Lipinski definition) is 2. The molecule has 2 nitrogen and oxygen atoms in total. The number of alkyl halides is 1. The van der Waals surface area contributed by atoms with E-state index in [2.05, 4.69) is 45.6 Å². The number of nitrogens with one attached hydrogen (secondary N) is 2. The number of allylic oxidation sites excluding steroid dienone is 2. The Morgan fingerprint density at radius 1 is 1.67 bits per heavy atom. The molecule has 9 heavy (non-hydrogen) atoms. The van der Waals surface area contributed by atoms with Gasteiger partial charge in [-0.25, -0.2) is 5.43 Å². The molecule has 1 heterocycles. The van der Waals surface area contributed by atoms with Crippen LogP contribution in [0.25, 0.3) is 0 Å². The molecule has 0 aromatic carbocycles. The molecular formula is C6H7IN2. The zero-order valence-corrected chi connectivity index (χ0v) is 6.97. The molecule has 0 aromatic heterocycles. The lowest BCUT2D eigenvalue weighted by molar-refractivity contribution is 0.687. The molecule has 2 rings (SSSR count). The van der Waals surface area contributed by atoms with Gasteiger partial charge in [0.25, 0.3) is 0 Å². The second kappa shape index (κ2) is 1.98. The molecule has 0 bridgehead atoms. The van der Waals surface area contributed by atoms with Crippen LogP contribution in [0, 0.1) is 0 Å². The van der Waals surface area contributed by atoms with Crippen molar-refractivity contribution in [2.45, 2.75) is 10.5 Å². The first-order valence-electron chi connectivity index (χ1n) is 2.93. The molecular weight excluding hydrogens is 227 g/mol. The van der Waals surface area contributed by atoms with E-state index in [1.807, 2.05) is 0 Å². The lowest BCUT2D eigenvalue weighted by atomic mass is 10.2. The molecule has 0 spiro atoms. The smallest absolute Gasteiger partial charge is 0.101 e. The van der Waals surface area contributed by atoms with Gasteiger partial charge in [0, 0.05) is 0 Å². The Balaban J connectivity index is 2.31.